The maximum absolute atomic E-state index is 14.4. The van der Waals surface area contributed by atoms with Crippen molar-refractivity contribution in [1.29, 1.82) is 0 Å². The number of carbonyl (C=O) groups excluding carboxylic acids is 2. The monoisotopic (exact) mass is 473 g/mol. The summed E-state index contributed by atoms with van der Waals surface area (Å²) in [6.07, 6.45) is -3.92. The van der Waals surface area contributed by atoms with Crippen LogP contribution in [0.5, 0.6) is 0 Å². The lowest BCUT2D eigenvalue weighted by Gasteiger charge is -2.28. The topological polar surface area (TPSA) is 89.3 Å². The van der Waals surface area contributed by atoms with E-state index in [-0.39, 0.29) is 34.7 Å². The molecule has 1 amide bonds. The molecule has 2 aromatic rings. The standard InChI is InChI=1S/C19H19F4N5O3S/c20-13-8-14-11(1-2-16(30)24-14)7-12(13)15(29)9-32-18-26-25-17(27-3-5-31-6-4-27)28(18)10-19(21,22)23/h7-8H,1-6,9-10H2,(H,24,30). The number of Topliss-reactive ketones (excluding diaryl/α,β-unsaturated/α-hetero) is 1. The number of morpholine rings is 1. The highest BCUT2D eigenvalue weighted by Crippen LogP contribution is 2.30. The average Bonchev–Trinajstić information content (AvgIpc) is 3.12. The van der Waals surface area contributed by atoms with Crippen molar-refractivity contribution in [2.45, 2.75) is 30.7 Å². The SMILES string of the molecule is O=C1CCc2cc(C(=O)CSc3nnc(N4CCOCC4)n3CC(F)(F)F)c(F)cc2N1. The third-order valence-electron chi connectivity index (χ3n) is 5.05. The number of alkyl halides is 3. The van der Waals surface area contributed by atoms with Crippen LogP contribution in [0.15, 0.2) is 17.3 Å². The molecule has 8 nitrogen and oxygen atoms in total. The number of thioether (sulfide) groups is 1. The van der Waals surface area contributed by atoms with Gasteiger partial charge in [0.15, 0.2) is 10.9 Å². The number of amides is 1. The molecule has 1 aromatic carbocycles. The fourth-order valence-electron chi connectivity index (χ4n) is 3.53. The Morgan fingerprint density at radius 2 is 1.94 bits per heavy atom. The average molecular weight is 473 g/mol. The van der Waals surface area contributed by atoms with E-state index in [1.807, 2.05) is 0 Å². The van der Waals surface area contributed by atoms with Crippen molar-refractivity contribution in [2.24, 2.45) is 0 Å². The van der Waals surface area contributed by atoms with E-state index >= 15 is 0 Å². The number of halogens is 4. The first-order valence-electron chi connectivity index (χ1n) is 9.82. The number of benzene rings is 1. The molecule has 4 rings (SSSR count). The number of carbonyl (C=O) groups is 2. The highest BCUT2D eigenvalue weighted by Gasteiger charge is 2.33. The molecule has 0 saturated carbocycles. The number of aromatic nitrogens is 3. The van der Waals surface area contributed by atoms with Crippen LogP contribution in [0.1, 0.15) is 22.3 Å². The summed E-state index contributed by atoms with van der Waals surface area (Å²) in [5, 5.41) is 10.2. The van der Waals surface area contributed by atoms with Gasteiger partial charge in [0.2, 0.25) is 11.9 Å². The lowest BCUT2D eigenvalue weighted by atomic mass is 9.98. The number of nitrogens with one attached hydrogen (secondary N) is 1. The van der Waals surface area contributed by atoms with Gasteiger partial charge >= 0.3 is 6.18 Å². The van der Waals surface area contributed by atoms with Gasteiger partial charge in [0, 0.05) is 25.2 Å². The van der Waals surface area contributed by atoms with Crippen molar-refractivity contribution in [1.82, 2.24) is 14.8 Å². The van der Waals surface area contributed by atoms with Crippen LogP contribution >= 0.6 is 11.8 Å². The maximum Gasteiger partial charge on any atom is 0.406 e. The number of hydrogen-bond donors (Lipinski definition) is 1. The van der Waals surface area contributed by atoms with E-state index in [9.17, 15) is 27.2 Å². The lowest BCUT2D eigenvalue weighted by Crippen LogP contribution is -2.38. The van der Waals surface area contributed by atoms with Crippen molar-refractivity contribution < 1.29 is 31.9 Å². The Morgan fingerprint density at radius 3 is 2.66 bits per heavy atom. The van der Waals surface area contributed by atoms with E-state index in [1.165, 1.54) is 6.07 Å². The molecule has 1 saturated heterocycles. The van der Waals surface area contributed by atoms with Crippen LogP contribution in [0.3, 0.4) is 0 Å². The Balaban J connectivity index is 1.52. The molecule has 13 heteroatoms. The summed E-state index contributed by atoms with van der Waals surface area (Å²) in [5.41, 5.74) is 0.778. The first-order chi connectivity index (χ1) is 15.2. The lowest BCUT2D eigenvalue weighted by molar-refractivity contribution is -0.141. The highest BCUT2D eigenvalue weighted by molar-refractivity contribution is 7.99. The number of rotatable bonds is 6. The Bertz CT molecular complexity index is 1040. The summed E-state index contributed by atoms with van der Waals surface area (Å²) in [6, 6.07) is 2.47. The summed E-state index contributed by atoms with van der Waals surface area (Å²) in [4.78, 5) is 25.7. The quantitative estimate of drug-likeness (QED) is 0.392. The Hall–Kier alpha value is -2.67. The van der Waals surface area contributed by atoms with Crippen LogP contribution < -0.4 is 10.2 Å². The van der Waals surface area contributed by atoms with Gasteiger partial charge in [0.25, 0.3) is 0 Å². The third-order valence-corrected chi connectivity index (χ3v) is 6.02. The number of ketones is 1. The minimum absolute atomic E-state index is 0.0521. The normalized spacial score (nSPS) is 16.6. The largest absolute Gasteiger partial charge is 0.406 e. The molecular formula is C19H19F4N5O3S. The molecule has 0 spiro atoms. The summed E-state index contributed by atoms with van der Waals surface area (Å²) in [6.45, 7) is 0.152. The van der Waals surface area contributed by atoms with Gasteiger partial charge in [-0.05, 0) is 24.1 Å². The second-order valence-corrected chi connectivity index (χ2v) is 8.28. The minimum atomic E-state index is -4.52. The summed E-state index contributed by atoms with van der Waals surface area (Å²) in [5.74, 6) is -1.90. The van der Waals surface area contributed by atoms with Crippen molar-refractivity contribution in [2.75, 3.05) is 42.3 Å². The molecule has 1 aromatic heterocycles. The second-order valence-electron chi connectivity index (χ2n) is 7.33. The van der Waals surface area contributed by atoms with Gasteiger partial charge in [-0.15, -0.1) is 10.2 Å². The zero-order valence-corrected chi connectivity index (χ0v) is 17.6. The molecule has 2 aliphatic heterocycles. The summed E-state index contributed by atoms with van der Waals surface area (Å²) < 4.78 is 60.1. The fraction of sp³-hybridized carbons (Fsp3) is 0.474. The third kappa shape index (κ3) is 5.04. The van der Waals surface area contributed by atoms with Gasteiger partial charge in [-0.25, -0.2) is 4.39 Å². The van der Waals surface area contributed by atoms with E-state index in [0.29, 0.717) is 44.0 Å². The van der Waals surface area contributed by atoms with Crippen molar-refractivity contribution in [3.05, 3.63) is 29.1 Å². The van der Waals surface area contributed by atoms with Crippen LogP contribution in [0.4, 0.5) is 29.2 Å². The van der Waals surface area contributed by atoms with Crippen molar-refractivity contribution in [3.8, 4) is 0 Å². The summed E-state index contributed by atoms with van der Waals surface area (Å²) in [7, 11) is 0. The molecule has 0 radical (unpaired) electrons. The minimum Gasteiger partial charge on any atom is -0.378 e. The van der Waals surface area contributed by atoms with E-state index in [2.05, 4.69) is 15.5 Å². The fourth-order valence-corrected chi connectivity index (χ4v) is 4.34. The molecule has 0 atom stereocenters. The molecule has 1 fully saturated rings. The van der Waals surface area contributed by atoms with Crippen LogP contribution in [0.2, 0.25) is 0 Å². The number of ether oxygens (including phenoxy) is 1. The van der Waals surface area contributed by atoms with E-state index in [1.54, 1.807) is 4.90 Å². The van der Waals surface area contributed by atoms with Gasteiger partial charge in [0.1, 0.15) is 12.4 Å². The molecule has 32 heavy (non-hydrogen) atoms. The predicted octanol–water partition coefficient (Wildman–Crippen LogP) is 2.68. The Kier molecular flexibility index (Phi) is 6.38. The first kappa shape index (κ1) is 22.5. The van der Waals surface area contributed by atoms with E-state index < -0.39 is 24.3 Å². The zero-order chi connectivity index (χ0) is 22.9. The maximum atomic E-state index is 14.4. The number of fused-ring (bicyclic) bond motifs is 1. The van der Waals surface area contributed by atoms with Crippen LogP contribution in [-0.2, 0) is 22.5 Å². The molecule has 172 valence electrons. The van der Waals surface area contributed by atoms with Crippen molar-refractivity contribution in [3.63, 3.8) is 0 Å². The van der Waals surface area contributed by atoms with Gasteiger partial charge in [-0.1, -0.05) is 11.8 Å². The molecule has 1 N–H and O–H groups in total. The number of aryl methyl sites for hydroxylation is 1. The second kappa shape index (κ2) is 9.06. The number of hydrogen-bond acceptors (Lipinski definition) is 7. The Morgan fingerprint density at radius 1 is 1.19 bits per heavy atom. The Labute approximate surface area is 184 Å². The predicted molar refractivity (Wildman–Crippen MR) is 108 cm³/mol. The van der Waals surface area contributed by atoms with Crippen LogP contribution in [0.25, 0.3) is 0 Å². The van der Waals surface area contributed by atoms with Gasteiger partial charge in [-0.3, -0.25) is 14.2 Å². The summed E-state index contributed by atoms with van der Waals surface area (Å²) >= 11 is 0.767. The zero-order valence-electron chi connectivity index (χ0n) is 16.7. The van der Waals surface area contributed by atoms with Crippen LogP contribution in [-0.4, -0.2) is 64.7 Å². The van der Waals surface area contributed by atoms with Gasteiger partial charge in [0.05, 0.1) is 24.5 Å². The highest BCUT2D eigenvalue weighted by atomic mass is 32.2. The number of anilines is 2. The van der Waals surface area contributed by atoms with Gasteiger partial charge < -0.3 is 15.0 Å². The van der Waals surface area contributed by atoms with Crippen LogP contribution in [0, 0.1) is 5.82 Å². The van der Waals surface area contributed by atoms with Crippen molar-refractivity contribution >= 4 is 35.1 Å². The smallest absolute Gasteiger partial charge is 0.378 e. The van der Waals surface area contributed by atoms with E-state index in [0.717, 1.165) is 22.4 Å². The number of nitrogens with zero attached hydrogens (tertiary/aromatic N) is 4. The molecule has 3 heterocycles. The molecule has 0 unspecified atom stereocenters. The molecular weight excluding hydrogens is 454 g/mol. The first-order valence-corrected chi connectivity index (χ1v) is 10.8. The van der Waals surface area contributed by atoms with E-state index in [4.69, 9.17) is 4.74 Å². The molecule has 2 aliphatic rings. The molecule has 0 aliphatic carbocycles. The van der Waals surface area contributed by atoms with Gasteiger partial charge in [-0.2, -0.15) is 13.2 Å². The molecule has 0 bridgehead atoms.